The van der Waals surface area contributed by atoms with E-state index in [9.17, 15) is 8.78 Å². The van der Waals surface area contributed by atoms with Gasteiger partial charge in [-0.15, -0.1) is 0 Å². The number of ether oxygens (including phenoxy) is 3. The van der Waals surface area contributed by atoms with Crippen LogP contribution in [0.4, 0.5) is 17.6 Å². The molecule has 5 nitrogen and oxygen atoms in total. The van der Waals surface area contributed by atoms with Gasteiger partial charge in [0.05, 0.1) is 28.5 Å². The lowest BCUT2D eigenvalue weighted by molar-refractivity contribution is 0.383. The Labute approximate surface area is 511 Å². The Morgan fingerprint density at radius 3 is 0.928 bits per heavy atom. The van der Waals surface area contributed by atoms with Crippen LogP contribution >= 0.6 is 45.2 Å². The van der Waals surface area contributed by atoms with Crippen LogP contribution in [0.1, 0.15) is 14.9 Å². The van der Waals surface area contributed by atoms with E-state index in [1.165, 1.54) is 0 Å². The lowest BCUT2D eigenvalue weighted by atomic mass is 9.92. The largest absolute Gasteiger partial charge is 0.569 e. The summed E-state index contributed by atoms with van der Waals surface area (Å²) >= 11 is 3.50. The molecule has 0 spiro atoms. The first-order chi connectivity index (χ1) is 39.5. The van der Waals surface area contributed by atoms with Gasteiger partial charge in [-0.05, 0) is 132 Å². The topological polar surface area (TPSA) is 57.2 Å². The minimum atomic E-state index is -0.959. The van der Waals surface area contributed by atoms with Crippen molar-refractivity contribution in [1.29, 1.82) is 0 Å². The standard InChI is InChI=1S/C44H32F2O2.C19H16BO3.C6H2F2I2.2CH4/c1-47-43-35(33-19-9-17-31(27-33)29-13-5-3-6-14-29)21-11-23-39(43)37-25-26-38(42(46)41(37)45)40-24-12-22-36(44(40)48-2)34-20-10-18-32(28-34)30-15-7-4-8-16-30;1-22-19-17(11-6-12-18(19)23-20-21)16-10-5-9-15(13-16)14-7-3-2-4-8-14;7-5-3(9)1-2-4(10)6(5)8;;/h3-28H,1-2H3;2-13,21H,1H3;1-2H;2*1H4. The Hall–Kier alpha value is -8.18. The van der Waals surface area contributed by atoms with E-state index in [0.717, 1.165) is 66.8 Å². The van der Waals surface area contributed by atoms with Crippen LogP contribution in [0.3, 0.4) is 0 Å². The molecule has 0 atom stereocenters. The summed E-state index contributed by atoms with van der Waals surface area (Å²) in [5, 5.41) is 8.89. The Balaban J connectivity index is 0.000000233. The normalized spacial score (nSPS) is 10.3. The molecule has 12 heteroatoms. The van der Waals surface area contributed by atoms with E-state index in [-0.39, 0.29) is 26.0 Å². The minimum Gasteiger partial charge on any atom is -0.535 e. The van der Waals surface area contributed by atoms with Crippen LogP contribution in [-0.2, 0) is 0 Å². The van der Waals surface area contributed by atoms with Gasteiger partial charge in [0.1, 0.15) is 17.2 Å². The summed E-state index contributed by atoms with van der Waals surface area (Å²) in [6.45, 7) is 0. The minimum absolute atomic E-state index is 0. The molecule has 11 aromatic rings. The smallest absolute Gasteiger partial charge is 0.535 e. The van der Waals surface area contributed by atoms with Gasteiger partial charge in [0.25, 0.3) is 0 Å². The van der Waals surface area contributed by atoms with E-state index in [2.05, 4.69) is 60.7 Å². The lowest BCUT2D eigenvalue weighted by Gasteiger charge is -2.18. The molecule has 83 heavy (non-hydrogen) atoms. The van der Waals surface area contributed by atoms with Crippen molar-refractivity contribution in [2.24, 2.45) is 0 Å². The zero-order chi connectivity index (χ0) is 56.8. The summed E-state index contributed by atoms with van der Waals surface area (Å²) in [6, 6.07) is 77.7. The van der Waals surface area contributed by atoms with Crippen molar-refractivity contribution in [2.45, 2.75) is 14.9 Å². The molecule has 11 aromatic carbocycles. The number of para-hydroxylation sites is 3. The summed E-state index contributed by atoms with van der Waals surface area (Å²) in [5.74, 6) is -1.45. The molecule has 1 N–H and O–H groups in total. The van der Waals surface area contributed by atoms with Gasteiger partial charge in [-0.25, -0.2) is 17.6 Å². The second-order valence-corrected chi connectivity index (χ2v) is 20.4. The summed E-state index contributed by atoms with van der Waals surface area (Å²) in [6.07, 6.45) is 0. The highest BCUT2D eigenvalue weighted by Crippen LogP contribution is 2.46. The Bertz CT molecular complexity index is 3760. The highest BCUT2D eigenvalue weighted by atomic mass is 127. The van der Waals surface area contributed by atoms with Gasteiger partial charge in [-0.3, -0.25) is 0 Å². The zero-order valence-corrected chi connectivity index (χ0v) is 48.3. The van der Waals surface area contributed by atoms with Gasteiger partial charge in [0.2, 0.25) is 0 Å². The number of methoxy groups -OCH3 is 3. The third-order valence-electron chi connectivity index (χ3n) is 13.3. The molecular weight excluding hydrogens is 1270 g/mol. The maximum atomic E-state index is 16.2. The van der Waals surface area contributed by atoms with Crippen molar-refractivity contribution in [3.63, 3.8) is 0 Å². The van der Waals surface area contributed by atoms with E-state index < -0.39 is 23.3 Å². The number of rotatable bonds is 13. The van der Waals surface area contributed by atoms with Gasteiger partial charge in [-0.2, -0.15) is 0 Å². The van der Waals surface area contributed by atoms with Crippen LogP contribution in [0.15, 0.2) is 243 Å². The molecular formula is C71H58BF4I2O5. The number of benzene rings is 11. The van der Waals surface area contributed by atoms with Crippen molar-refractivity contribution in [2.75, 3.05) is 21.3 Å². The highest BCUT2D eigenvalue weighted by Gasteiger charge is 2.24. The predicted octanol–water partition coefficient (Wildman–Crippen LogP) is 20.4. The summed E-state index contributed by atoms with van der Waals surface area (Å²) in [4.78, 5) is 0. The summed E-state index contributed by atoms with van der Waals surface area (Å²) in [7, 11) is 5.34. The maximum absolute atomic E-state index is 16.2. The SMILES string of the molecule is C.C.COc1c(-c2cccc(-c3ccccc3)c2)cccc1-c1ccc(-c2cccc(-c3cccc(-c4ccccc4)c3)c2OC)c(F)c1F.COc1c(O[B]O)cccc1-c1cccc(-c2ccccc2)c1.Fc1c(I)ccc(I)c1F. The fourth-order valence-corrected chi connectivity index (χ4v) is 10.3. The molecule has 0 fully saturated rings. The molecule has 11 rings (SSSR count). The molecule has 417 valence electrons. The molecule has 0 aliphatic rings. The second-order valence-electron chi connectivity index (χ2n) is 18.1. The van der Waals surface area contributed by atoms with Gasteiger partial charge in [0, 0.05) is 38.9 Å². The van der Waals surface area contributed by atoms with Crippen molar-refractivity contribution in [1.82, 2.24) is 0 Å². The first-order valence-electron chi connectivity index (χ1n) is 25.4. The van der Waals surface area contributed by atoms with Crippen molar-refractivity contribution < 1.29 is 41.5 Å². The van der Waals surface area contributed by atoms with E-state index in [0.29, 0.717) is 49.0 Å². The highest BCUT2D eigenvalue weighted by molar-refractivity contribution is 14.1. The molecule has 0 aromatic heterocycles. The Morgan fingerprint density at radius 1 is 0.301 bits per heavy atom. The number of halogens is 6. The third-order valence-corrected chi connectivity index (χ3v) is 15.0. The Kier molecular flexibility index (Phi) is 22.3. The summed E-state index contributed by atoms with van der Waals surface area (Å²) < 4.78 is 80.6. The van der Waals surface area contributed by atoms with Gasteiger partial charge in [-0.1, -0.05) is 221 Å². The van der Waals surface area contributed by atoms with Crippen LogP contribution in [-0.4, -0.2) is 34.0 Å². The van der Waals surface area contributed by atoms with Gasteiger partial charge in [0.15, 0.2) is 29.0 Å². The zero-order valence-electron chi connectivity index (χ0n) is 44.0. The van der Waals surface area contributed by atoms with E-state index >= 15 is 8.78 Å². The van der Waals surface area contributed by atoms with E-state index in [1.807, 2.05) is 140 Å². The first-order valence-corrected chi connectivity index (χ1v) is 27.6. The average Bonchev–Trinajstić information content (AvgIpc) is 3.71. The van der Waals surface area contributed by atoms with Crippen molar-refractivity contribution in [3.8, 4) is 112 Å². The Morgan fingerprint density at radius 2 is 0.590 bits per heavy atom. The molecule has 0 amide bonds. The monoisotopic (exact) mass is 1330 g/mol. The first kappa shape index (κ1) is 62.4. The van der Waals surface area contributed by atoms with Gasteiger partial charge < -0.3 is 23.9 Å². The van der Waals surface area contributed by atoms with Crippen LogP contribution in [0, 0.1) is 30.4 Å². The third kappa shape index (κ3) is 14.4. The molecule has 0 aliphatic carbocycles. The maximum Gasteiger partial charge on any atom is 0.569 e. The number of hydrogen-bond acceptors (Lipinski definition) is 5. The van der Waals surface area contributed by atoms with Crippen LogP contribution < -0.4 is 18.9 Å². The molecule has 1 radical (unpaired) electrons. The fourth-order valence-electron chi connectivity index (χ4n) is 9.45. The molecule has 0 aliphatic heterocycles. The molecule has 0 saturated carbocycles. The molecule has 0 bridgehead atoms. The lowest BCUT2D eigenvalue weighted by Crippen LogP contribution is -2.02. The molecule has 0 saturated heterocycles. The van der Waals surface area contributed by atoms with Crippen LogP contribution in [0.25, 0.3) is 89.0 Å². The second kappa shape index (κ2) is 29.7. The molecule has 0 unspecified atom stereocenters. The van der Waals surface area contributed by atoms with Gasteiger partial charge >= 0.3 is 7.69 Å². The molecule has 0 heterocycles. The fraction of sp³-hybridized carbons (Fsp3) is 0.0704. The van der Waals surface area contributed by atoms with E-state index in [4.69, 9.17) is 23.9 Å². The van der Waals surface area contributed by atoms with Crippen molar-refractivity contribution in [3.05, 3.63) is 273 Å². The predicted molar refractivity (Wildman–Crippen MR) is 350 cm³/mol. The summed E-state index contributed by atoms with van der Waals surface area (Å²) in [5.41, 5.74) is 13.0. The van der Waals surface area contributed by atoms with E-state index in [1.54, 1.807) is 109 Å². The average molecular weight is 1330 g/mol. The van der Waals surface area contributed by atoms with Crippen LogP contribution in [0.5, 0.6) is 23.0 Å². The number of hydrogen-bond donors (Lipinski definition) is 1. The van der Waals surface area contributed by atoms with Crippen LogP contribution in [0.2, 0.25) is 0 Å². The quantitative estimate of drug-likeness (QED) is 0.0410. The van der Waals surface area contributed by atoms with Crippen molar-refractivity contribution >= 4 is 52.9 Å².